The lowest BCUT2D eigenvalue weighted by molar-refractivity contribution is -0.0915. The van der Waals surface area contributed by atoms with Crippen LogP contribution < -0.4 is 5.32 Å². The van der Waals surface area contributed by atoms with Crippen LogP contribution in [0.15, 0.2) is 0 Å². The van der Waals surface area contributed by atoms with Gasteiger partial charge >= 0.3 is 0 Å². The lowest BCUT2D eigenvalue weighted by Crippen LogP contribution is -2.52. The van der Waals surface area contributed by atoms with Crippen LogP contribution >= 0.6 is 0 Å². The second-order valence-corrected chi connectivity index (χ2v) is 5.94. The van der Waals surface area contributed by atoms with Crippen molar-refractivity contribution in [3.05, 3.63) is 0 Å². The number of nitrogens with one attached hydrogen (secondary N) is 1. The molecule has 0 aromatic heterocycles. The van der Waals surface area contributed by atoms with Gasteiger partial charge in [-0.1, -0.05) is 6.92 Å². The molecule has 1 N–H and O–H groups in total. The Labute approximate surface area is 112 Å². The van der Waals surface area contributed by atoms with Crippen molar-refractivity contribution in [3.63, 3.8) is 0 Å². The molecule has 3 nitrogen and oxygen atoms in total. The molecule has 2 saturated heterocycles. The van der Waals surface area contributed by atoms with E-state index in [9.17, 15) is 0 Å². The van der Waals surface area contributed by atoms with Crippen LogP contribution in [-0.2, 0) is 9.47 Å². The van der Waals surface area contributed by atoms with Gasteiger partial charge in [0.25, 0.3) is 0 Å². The summed E-state index contributed by atoms with van der Waals surface area (Å²) in [5.74, 6) is 0. The first-order valence-corrected chi connectivity index (χ1v) is 7.73. The summed E-state index contributed by atoms with van der Waals surface area (Å²) in [4.78, 5) is 0. The second kappa shape index (κ2) is 6.88. The Balaban J connectivity index is 1.85. The molecule has 0 aromatic rings. The van der Waals surface area contributed by atoms with Crippen LogP contribution in [0.4, 0.5) is 0 Å². The van der Waals surface area contributed by atoms with E-state index in [0.29, 0.717) is 12.1 Å². The summed E-state index contributed by atoms with van der Waals surface area (Å²) in [6.07, 6.45) is 9.06. The van der Waals surface area contributed by atoms with E-state index >= 15 is 0 Å². The highest BCUT2D eigenvalue weighted by Crippen LogP contribution is 2.31. The minimum atomic E-state index is 0.0346. The third kappa shape index (κ3) is 3.69. The molecule has 2 rings (SSSR count). The molecule has 18 heavy (non-hydrogen) atoms. The molecule has 0 amide bonds. The van der Waals surface area contributed by atoms with Crippen molar-refractivity contribution in [2.45, 2.75) is 76.5 Å². The molecule has 0 spiro atoms. The van der Waals surface area contributed by atoms with Gasteiger partial charge in [0.1, 0.15) is 0 Å². The lowest BCUT2D eigenvalue weighted by atomic mass is 9.85. The molecule has 3 atom stereocenters. The summed E-state index contributed by atoms with van der Waals surface area (Å²) in [5, 5.41) is 3.64. The zero-order valence-electron chi connectivity index (χ0n) is 12.0. The molecule has 2 heterocycles. The highest BCUT2D eigenvalue weighted by molar-refractivity contribution is 4.91. The minimum absolute atomic E-state index is 0.0346. The smallest absolute Gasteiger partial charge is 0.0806 e. The summed E-state index contributed by atoms with van der Waals surface area (Å²) in [5.41, 5.74) is 0.0346. The van der Waals surface area contributed by atoms with Crippen LogP contribution in [0.1, 0.15) is 58.8 Å². The second-order valence-electron chi connectivity index (χ2n) is 5.94. The average molecular weight is 255 g/mol. The summed E-state index contributed by atoms with van der Waals surface area (Å²) in [6.45, 7) is 7.39. The van der Waals surface area contributed by atoms with Gasteiger partial charge in [0.15, 0.2) is 0 Å². The van der Waals surface area contributed by atoms with Crippen molar-refractivity contribution in [2.24, 2.45) is 0 Å². The molecule has 0 bridgehead atoms. The molecule has 3 unspecified atom stereocenters. The molecular formula is C15H29NO2. The van der Waals surface area contributed by atoms with Crippen molar-refractivity contribution < 1.29 is 9.47 Å². The predicted octanol–water partition coefficient (Wildman–Crippen LogP) is 2.88. The first kappa shape index (κ1) is 14.3. The maximum atomic E-state index is 6.09. The van der Waals surface area contributed by atoms with Crippen LogP contribution in [0.5, 0.6) is 0 Å². The maximum absolute atomic E-state index is 6.09. The van der Waals surface area contributed by atoms with Gasteiger partial charge in [-0.25, -0.2) is 0 Å². The third-order valence-electron chi connectivity index (χ3n) is 4.49. The van der Waals surface area contributed by atoms with E-state index in [4.69, 9.17) is 9.47 Å². The Morgan fingerprint density at radius 1 is 1.28 bits per heavy atom. The molecule has 2 aliphatic rings. The van der Waals surface area contributed by atoms with Crippen LogP contribution in [0, 0.1) is 0 Å². The van der Waals surface area contributed by atoms with E-state index in [2.05, 4.69) is 19.2 Å². The summed E-state index contributed by atoms with van der Waals surface area (Å²) in [7, 11) is 0. The van der Waals surface area contributed by atoms with Gasteiger partial charge in [-0.15, -0.1) is 0 Å². The fourth-order valence-electron chi connectivity index (χ4n) is 3.32. The zero-order chi connectivity index (χ0) is 12.8. The van der Waals surface area contributed by atoms with Crippen LogP contribution in [0.3, 0.4) is 0 Å². The maximum Gasteiger partial charge on any atom is 0.0806 e. The van der Waals surface area contributed by atoms with Gasteiger partial charge in [0.05, 0.1) is 11.7 Å². The normalized spacial score (nSPS) is 34.7. The standard InChI is InChI=1S/C15H29NO2/c1-3-16-14(9-8-13-7-6-11-17-13)15(2)10-4-5-12-18-15/h13-14,16H,3-12H2,1-2H3. The SMILES string of the molecule is CCNC(CCC1CCCO1)C1(C)CCCCO1. The van der Waals surface area contributed by atoms with Crippen LogP contribution in [0.2, 0.25) is 0 Å². The average Bonchev–Trinajstić information content (AvgIpc) is 2.88. The van der Waals surface area contributed by atoms with Crippen molar-refractivity contribution >= 4 is 0 Å². The first-order valence-electron chi connectivity index (χ1n) is 7.73. The number of hydrogen-bond donors (Lipinski definition) is 1. The van der Waals surface area contributed by atoms with Gasteiger partial charge in [0.2, 0.25) is 0 Å². The third-order valence-corrected chi connectivity index (χ3v) is 4.49. The van der Waals surface area contributed by atoms with Gasteiger partial charge in [-0.3, -0.25) is 0 Å². The predicted molar refractivity (Wildman–Crippen MR) is 73.9 cm³/mol. The topological polar surface area (TPSA) is 30.5 Å². The van der Waals surface area contributed by atoms with Gasteiger partial charge < -0.3 is 14.8 Å². The summed E-state index contributed by atoms with van der Waals surface area (Å²) in [6, 6.07) is 0.479. The van der Waals surface area contributed by atoms with Gasteiger partial charge in [-0.05, 0) is 58.4 Å². The first-order chi connectivity index (χ1) is 8.74. The van der Waals surface area contributed by atoms with E-state index in [1.54, 1.807) is 0 Å². The van der Waals surface area contributed by atoms with Crippen molar-refractivity contribution in [1.29, 1.82) is 0 Å². The molecule has 0 aliphatic carbocycles. The van der Waals surface area contributed by atoms with E-state index in [1.165, 1.54) is 44.9 Å². The van der Waals surface area contributed by atoms with E-state index < -0.39 is 0 Å². The van der Waals surface area contributed by atoms with E-state index in [-0.39, 0.29) is 5.60 Å². The lowest BCUT2D eigenvalue weighted by Gasteiger charge is -2.41. The molecule has 106 valence electrons. The Morgan fingerprint density at radius 2 is 2.17 bits per heavy atom. The fraction of sp³-hybridized carbons (Fsp3) is 1.00. The molecule has 2 aliphatic heterocycles. The van der Waals surface area contributed by atoms with E-state index in [1.807, 2.05) is 0 Å². The fourth-order valence-corrected chi connectivity index (χ4v) is 3.32. The highest BCUT2D eigenvalue weighted by Gasteiger charge is 2.36. The van der Waals surface area contributed by atoms with Crippen LogP contribution in [-0.4, -0.2) is 37.5 Å². The van der Waals surface area contributed by atoms with Crippen molar-refractivity contribution in [3.8, 4) is 0 Å². The number of likely N-dealkylation sites (N-methyl/N-ethyl adjacent to an activating group) is 1. The number of hydrogen-bond acceptors (Lipinski definition) is 3. The van der Waals surface area contributed by atoms with Crippen molar-refractivity contribution in [1.82, 2.24) is 5.32 Å². The molecular weight excluding hydrogens is 226 g/mol. The quantitative estimate of drug-likeness (QED) is 0.791. The Hall–Kier alpha value is -0.120. The Bertz CT molecular complexity index is 233. The monoisotopic (exact) mass is 255 g/mol. The highest BCUT2D eigenvalue weighted by atomic mass is 16.5. The van der Waals surface area contributed by atoms with E-state index in [0.717, 1.165) is 19.8 Å². The molecule has 2 fully saturated rings. The molecule has 3 heteroatoms. The number of ether oxygens (including phenoxy) is 2. The molecule has 0 aromatic carbocycles. The Morgan fingerprint density at radius 3 is 2.78 bits per heavy atom. The summed E-state index contributed by atoms with van der Waals surface area (Å²) < 4.78 is 11.8. The van der Waals surface area contributed by atoms with Crippen molar-refractivity contribution in [2.75, 3.05) is 19.8 Å². The molecule has 0 saturated carbocycles. The minimum Gasteiger partial charge on any atom is -0.378 e. The van der Waals surface area contributed by atoms with Gasteiger partial charge in [0, 0.05) is 19.3 Å². The Kier molecular flexibility index (Phi) is 5.46. The zero-order valence-corrected chi connectivity index (χ0v) is 12.0. The summed E-state index contributed by atoms with van der Waals surface area (Å²) >= 11 is 0. The van der Waals surface area contributed by atoms with Crippen LogP contribution in [0.25, 0.3) is 0 Å². The molecule has 0 radical (unpaired) electrons. The number of rotatable bonds is 6. The van der Waals surface area contributed by atoms with Gasteiger partial charge in [-0.2, -0.15) is 0 Å². The largest absolute Gasteiger partial charge is 0.378 e.